The number of rotatable bonds is 2. The van der Waals surface area contributed by atoms with Crippen molar-refractivity contribution >= 4 is 11.6 Å². The second-order valence-corrected chi connectivity index (χ2v) is 4.23. The Hall–Kier alpha value is -2.13. The molecule has 0 fully saturated rings. The molecule has 0 radical (unpaired) electrons. The zero-order valence-electron chi connectivity index (χ0n) is 9.49. The van der Waals surface area contributed by atoms with Gasteiger partial charge in [-0.25, -0.2) is 4.68 Å². The maximum atomic E-state index is 6.21. The highest BCUT2D eigenvalue weighted by Gasteiger charge is 2.10. The Morgan fingerprint density at radius 3 is 2.44 bits per heavy atom. The predicted octanol–water partition coefficient (Wildman–Crippen LogP) is 3.59. The van der Waals surface area contributed by atoms with Gasteiger partial charge in [0.1, 0.15) is 5.69 Å². The van der Waals surface area contributed by atoms with Crippen LogP contribution < -0.4 is 0 Å². The molecule has 0 saturated carbocycles. The third-order valence-electron chi connectivity index (χ3n) is 2.60. The SMILES string of the molecule is Clc1cn(-c2ccccc2)nc1-c1ccccn1. The molecule has 0 bridgehead atoms. The molecule has 3 nitrogen and oxygen atoms in total. The Labute approximate surface area is 110 Å². The molecule has 0 aliphatic rings. The van der Waals surface area contributed by atoms with Crippen LogP contribution in [0.2, 0.25) is 5.02 Å². The Kier molecular flexibility index (Phi) is 2.82. The fourth-order valence-electron chi connectivity index (χ4n) is 1.74. The number of nitrogens with zero attached hydrogens (tertiary/aromatic N) is 3. The van der Waals surface area contributed by atoms with E-state index in [0.29, 0.717) is 10.7 Å². The topological polar surface area (TPSA) is 30.7 Å². The molecule has 0 N–H and O–H groups in total. The van der Waals surface area contributed by atoms with Crippen LogP contribution in [0.3, 0.4) is 0 Å². The molecule has 88 valence electrons. The van der Waals surface area contributed by atoms with Gasteiger partial charge in [0.15, 0.2) is 0 Å². The van der Waals surface area contributed by atoms with Gasteiger partial charge in [-0.05, 0) is 24.3 Å². The molecule has 0 saturated heterocycles. The van der Waals surface area contributed by atoms with Gasteiger partial charge < -0.3 is 0 Å². The quantitative estimate of drug-likeness (QED) is 0.701. The van der Waals surface area contributed by atoms with Crippen LogP contribution >= 0.6 is 11.6 Å². The molecule has 2 heterocycles. The van der Waals surface area contributed by atoms with Gasteiger partial charge >= 0.3 is 0 Å². The first-order valence-corrected chi connectivity index (χ1v) is 5.94. The lowest BCUT2D eigenvalue weighted by molar-refractivity contribution is 0.882. The first-order chi connectivity index (χ1) is 8.84. The molecule has 0 unspecified atom stereocenters. The van der Waals surface area contributed by atoms with Crippen LogP contribution in [0.5, 0.6) is 0 Å². The fourth-order valence-corrected chi connectivity index (χ4v) is 1.97. The molecule has 1 aromatic carbocycles. The van der Waals surface area contributed by atoms with Crippen molar-refractivity contribution in [3.63, 3.8) is 0 Å². The van der Waals surface area contributed by atoms with E-state index in [1.807, 2.05) is 48.5 Å². The van der Waals surface area contributed by atoms with E-state index in [2.05, 4.69) is 10.1 Å². The van der Waals surface area contributed by atoms with E-state index < -0.39 is 0 Å². The molecule has 0 atom stereocenters. The van der Waals surface area contributed by atoms with Crippen LogP contribution in [0, 0.1) is 0 Å². The summed E-state index contributed by atoms with van der Waals surface area (Å²) in [5.74, 6) is 0. The average molecular weight is 256 g/mol. The van der Waals surface area contributed by atoms with Crippen LogP contribution in [-0.2, 0) is 0 Å². The first-order valence-electron chi connectivity index (χ1n) is 5.56. The van der Waals surface area contributed by atoms with Crippen molar-refractivity contribution in [2.75, 3.05) is 0 Å². The third kappa shape index (κ3) is 2.00. The minimum absolute atomic E-state index is 0.595. The summed E-state index contributed by atoms with van der Waals surface area (Å²) in [6.07, 6.45) is 3.52. The van der Waals surface area contributed by atoms with Crippen molar-refractivity contribution in [1.82, 2.24) is 14.8 Å². The molecule has 18 heavy (non-hydrogen) atoms. The maximum absolute atomic E-state index is 6.21. The summed E-state index contributed by atoms with van der Waals surface area (Å²) in [4.78, 5) is 4.26. The number of hydrogen-bond acceptors (Lipinski definition) is 2. The second-order valence-electron chi connectivity index (χ2n) is 3.82. The highest BCUT2D eigenvalue weighted by molar-refractivity contribution is 6.32. The van der Waals surface area contributed by atoms with Crippen molar-refractivity contribution in [3.8, 4) is 17.1 Å². The van der Waals surface area contributed by atoms with Crippen LogP contribution in [0.1, 0.15) is 0 Å². The lowest BCUT2D eigenvalue weighted by Crippen LogP contribution is -1.94. The van der Waals surface area contributed by atoms with E-state index in [1.54, 1.807) is 17.1 Å². The standard InChI is InChI=1S/C14H10ClN3/c15-12-10-18(11-6-2-1-3-7-11)17-14(12)13-8-4-5-9-16-13/h1-10H. The molecular weight excluding hydrogens is 246 g/mol. The number of halogens is 1. The monoisotopic (exact) mass is 255 g/mol. The van der Waals surface area contributed by atoms with Crippen molar-refractivity contribution < 1.29 is 0 Å². The van der Waals surface area contributed by atoms with Crippen molar-refractivity contribution in [3.05, 3.63) is 65.9 Å². The van der Waals surface area contributed by atoms with Gasteiger partial charge in [0.25, 0.3) is 0 Å². The highest BCUT2D eigenvalue weighted by atomic mass is 35.5. The average Bonchev–Trinajstić information content (AvgIpc) is 2.83. The van der Waals surface area contributed by atoms with E-state index in [9.17, 15) is 0 Å². The van der Waals surface area contributed by atoms with Gasteiger partial charge in [0.2, 0.25) is 0 Å². The Morgan fingerprint density at radius 2 is 1.72 bits per heavy atom. The van der Waals surface area contributed by atoms with Crippen LogP contribution in [0.15, 0.2) is 60.9 Å². The zero-order chi connectivity index (χ0) is 12.4. The van der Waals surface area contributed by atoms with Crippen LogP contribution in [-0.4, -0.2) is 14.8 Å². The van der Waals surface area contributed by atoms with Gasteiger partial charge in [-0.15, -0.1) is 0 Å². The van der Waals surface area contributed by atoms with Crippen molar-refractivity contribution in [1.29, 1.82) is 0 Å². The number of aromatic nitrogens is 3. The largest absolute Gasteiger partial charge is 0.254 e. The Morgan fingerprint density at radius 1 is 0.944 bits per heavy atom. The number of benzene rings is 1. The second kappa shape index (κ2) is 4.63. The number of para-hydroxylation sites is 1. The lowest BCUT2D eigenvalue weighted by atomic mass is 10.3. The lowest BCUT2D eigenvalue weighted by Gasteiger charge is -1.99. The van der Waals surface area contributed by atoms with E-state index in [1.165, 1.54) is 0 Å². The third-order valence-corrected chi connectivity index (χ3v) is 2.87. The summed E-state index contributed by atoms with van der Waals surface area (Å²) >= 11 is 6.21. The van der Waals surface area contributed by atoms with E-state index in [-0.39, 0.29) is 0 Å². The molecule has 0 amide bonds. The van der Waals surface area contributed by atoms with Crippen LogP contribution in [0.25, 0.3) is 17.1 Å². The van der Waals surface area contributed by atoms with E-state index >= 15 is 0 Å². The summed E-state index contributed by atoms with van der Waals surface area (Å²) in [6, 6.07) is 15.5. The molecule has 3 rings (SSSR count). The van der Waals surface area contributed by atoms with E-state index in [0.717, 1.165) is 11.4 Å². The number of hydrogen-bond donors (Lipinski definition) is 0. The smallest absolute Gasteiger partial charge is 0.130 e. The highest BCUT2D eigenvalue weighted by Crippen LogP contribution is 2.25. The Balaban J connectivity index is 2.07. The van der Waals surface area contributed by atoms with Gasteiger partial charge in [0.05, 0.1) is 22.6 Å². The van der Waals surface area contributed by atoms with Gasteiger partial charge in [-0.2, -0.15) is 5.10 Å². The maximum Gasteiger partial charge on any atom is 0.130 e. The molecular formula is C14H10ClN3. The Bertz CT molecular complexity index is 647. The summed E-state index contributed by atoms with van der Waals surface area (Å²) in [5.41, 5.74) is 2.44. The van der Waals surface area contributed by atoms with Crippen molar-refractivity contribution in [2.24, 2.45) is 0 Å². The zero-order valence-corrected chi connectivity index (χ0v) is 10.2. The summed E-state index contributed by atoms with van der Waals surface area (Å²) < 4.78 is 1.76. The van der Waals surface area contributed by atoms with Gasteiger partial charge in [-0.1, -0.05) is 35.9 Å². The minimum atomic E-state index is 0.595. The minimum Gasteiger partial charge on any atom is -0.254 e. The van der Waals surface area contributed by atoms with Crippen molar-refractivity contribution in [2.45, 2.75) is 0 Å². The summed E-state index contributed by atoms with van der Waals surface area (Å²) in [5, 5.41) is 5.07. The fraction of sp³-hybridized carbons (Fsp3) is 0. The summed E-state index contributed by atoms with van der Waals surface area (Å²) in [6.45, 7) is 0. The van der Waals surface area contributed by atoms with Crippen LogP contribution in [0.4, 0.5) is 0 Å². The number of pyridine rings is 1. The van der Waals surface area contributed by atoms with Gasteiger partial charge in [0, 0.05) is 6.20 Å². The molecule has 4 heteroatoms. The predicted molar refractivity (Wildman–Crippen MR) is 71.8 cm³/mol. The molecule has 2 aromatic heterocycles. The molecule has 3 aromatic rings. The molecule has 0 spiro atoms. The summed E-state index contributed by atoms with van der Waals surface area (Å²) in [7, 11) is 0. The molecule has 0 aliphatic heterocycles. The first kappa shape index (κ1) is 11.0. The normalized spacial score (nSPS) is 10.5. The molecule has 0 aliphatic carbocycles. The van der Waals surface area contributed by atoms with E-state index in [4.69, 9.17) is 11.6 Å². The van der Waals surface area contributed by atoms with Gasteiger partial charge in [-0.3, -0.25) is 4.98 Å².